The van der Waals surface area contributed by atoms with Crippen molar-refractivity contribution in [3.63, 3.8) is 0 Å². The Bertz CT molecular complexity index is 580. The number of nitrogens with zero attached hydrogens (tertiary/aromatic N) is 3. The van der Waals surface area contributed by atoms with Crippen LogP contribution in [0.15, 0.2) is 17.3 Å². The summed E-state index contributed by atoms with van der Waals surface area (Å²) in [4.78, 5) is 20.9. The van der Waals surface area contributed by atoms with Crippen LogP contribution < -0.4 is 5.56 Å². The van der Waals surface area contributed by atoms with E-state index in [1.54, 1.807) is 17.5 Å². The fourth-order valence-electron chi connectivity index (χ4n) is 1.20. The highest BCUT2D eigenvalue weighted by molar-refractivity contribution is 14.1. The molecule has 0 atom stereocenters. The summed E-state index contributed by atoms with van der Waals surface area (Å²) in [6, 6.07) is 0. The average molecular weight is 368 g/mol. The fourth-order valence-corrected chi connectivity index (χ4v) is 2.57. The lowest BCUT2D eigenvalue weighted by Gasteiger charge is -2.03. The summed E-state index contributed by atoms with van der Waals surface area (Å²) in [7, 11) is 0. The molecule has 16 heavy (non-hydrogen) atoms. The van der Waals surface area contributed by atoms with E-state index in [-0.39, 0.29) is 10.7 Å². The van der Waals surface area contributed by atoms with Gasteiger partial charge in [-0.25, -0.2) is 9.97 Å². The second-order valence-electron chi connectivity index (χ2n) is 3.13. The monoisotopic (exact) mass is 367 g/mol. The Morgan fingerprint density at radius 3 is 2.94 bits per heavy atom. The van der Waals surface area contributed by atoms with Crippen LogP contribution in [0.25, 0.3) is 0 Å². The van der Waals surface area contributed by atoms with E-state index < -0.39 is 0 Å². The molecule has 0 bridgehead atoms. The summed E-state index contributed by atoms with van der Waals surface area (Å²) in [6.45, 7) is 2.42. The molecular weight excluding hydrogens is 361 g/mol. The minimum atomic E-state index is -0.119. The van der Waals surface area contributed by atoms with Crippen LogP contribution in [0.4, 0.5) is 0 Å². The molecule has 0 fully saturated rings. The first kappa shape index (κ1) is 12.0. The highest BCUT2D eigenvalue weighted by atomic mass is 127. The third kappa shape index (κ3) is 2.44. The molecule has 0 saturated heterocycles. The van der Waals surface area contributed by atoms with Gasteiger partial charge in [-0.15, -0.1) is 11.3 Å². The van der Waals surface area contributed by atoms with E-state index in [0.717, 1.165) is 9.88 Å². The van der Waals surface area contributed by atoms with Crippen molar-refractivity contribution in [3.8, 4) is 0 Å². The summed E-state index contributed by atoms with van der Waals surface area (Å²) in [5.41, 5.74) is -0.119. The number of halogens is 2. The molecular formula is C9H7ClIN3OS. The lowest BCUT2D eigenvalue weighted by atomic mass is 10.5. The number of hydrogen-bond acceptors (Lipinski definition) is 4. The molecule has 0 radical (unpaired) electrons. The van der Waals surface area contributed by atoms with Gasteiger partial charge in [-0.05, 0) is 29.5 Å². The maximum atomic E-state index is 11.8. The van der Waals surface area contributed by atoms with E-state index in [2.05, 4.69) is 9.97 Å². The summed E-state index contributed by atoms with van der Waals surface area (Å²) in [6.07, 6.45) is 3.23. The van der Waals surface area contributed by atoms with Gasteiger partial charge in [-0.2, -0.15) is 0 Å². The van der Waals surface area contributed by atoms with Gasteiger partial charge in [0.05, 0.1) is 17.9 Å². The van der Waals surface area contributed by atoms with E-state index in [1.807, 2.05) is 29.5 Å². The SMILES string of the molecule is Cc1ncc(Cn2cnc(Cl)c(I)c2=O)s1. The summed E-state index contributed by atoms with van der Waals surface area (Å²) in [5, 5.41) is 1.24. The van der Waals surface area contributed by atoms with Gasteiger partial charge >= 0.3 is 0 Å². The van der Waals surface area contributed by atoms with Gasteiger partial charge in [0.25, 0.3) is 5.56 Å². The second kappa shape index (κ2) is 4.80. The van der Waals surface area contributed by atoms with Crippen LogP contribution >= 0.6 is 45.5 Å². The van der Waals surface area contributed by atoms with Crippen LogP contribution in [0.3, 0.4) is 0 Å². The highest BCUT2D eigenvalue weighted by Crippen LogP contribution is 2.14. The normalized spacial score (nSPS) is 10.7. The lowest BCUT2D eigenvalue weighted by Crippen LogP contribution is -2.23. The van der Waals surface area contributed by atoms with Crippen molar-refractivity contribution in [3.05, 3.63) is 41.5 Å². The van der Waals surface area contributed by atoms with Crippen LogP contribution in [-0.4, -0.2) is 14.5 Å². The zero-order chi connectivity index (χ0) is 11.7. The fraction of sp³-hybridized carbons (Fsp3) is 0.222. The van der Waals surface area contributed by atoms with Gasteiger partial charge < -0.3 is 0 Å². The van der Waals surface area contributed by atoms with Gasteiger partial charge in [-0.3, -0.25) is 9.36 Å². The highest BCUT2D eigenvalue weighted by Gasteiger charge is 2.08. The molecule has 2 aromatic rings. The van der Waals surface area contributed by atoms with E-state index in [1.165, 1.54) is 10.9 Å². The molecule has 0 aliphatic heterocycles. The van der Waals surface area contributed by atoms with Gasteiger partial charge in [0.2, 0.25) is 0 Å². The molecule has 2 heterocycles. The molecule has 84 valence electrons. The molecule has 0 N–H and O–H groups in total. The zero-order valence-corrected chi connectivity index (χ0v) is 12.0. The quantitative estimate of drug-likeness (QED) is 0.604. The largest absolute Gasteiger partial charge is 0.293 e. The Kier molecular flexibility index (Phi) is 3.60. The van der Waals surface area contributed by atoms with Crippen molar-refractivity contribution in [2.75, 3.05) is 0 Å². The second-order valence-corrected chi connectivity index (χ2v) is 5.88. The first-order valence-corrected chi connectivity index (χ1v) is 6.67. The molecule has 7 heteroatoms. The van der Waals surface area contributed by atoms with Crippen LogP contribution in [0.2, 0.25) is 5.15 Å². The van der Waals surface area contributed by atoms with Gasteiger partial charge in [0.1, 0.15) is 8.72 Å². The first-order valence-electron chi connectivity index (χ1n) is 4.39. The molecule has 0 aromatic carbocycles. The van der Waals surface area contributed by atoms with Gasteiger partial charge in [0, 0.05) is 11.1 Å². The Morgan fingerprint density at radius 1 is 1.56 bits per heavy atom. The molecule has 0 amide bonds. The Morgan fingerprint density at radius 2 is 2.31 bits per heavy atom. The van der Waals surface area contributed by atoms with Crippen molar-refractivity contribution >= 4 is 45.5 Å². The van der Waals surface area contributed by atoms with Crippen molar-refractivity contribution in [1.29, 1.82) is 0 Å². The standard InChI is InChI=1S/C9H7ClIN3OS/c1-5-12-2-6(16-5)3-14-4-13-8(10)7(11)9(14)15/h2,4H,3H2,1H3. The van der Waals surface area contributed by atoms with Gasteiger partial charge in [-0.1, -0.05) is 11.6 Å². The minimum Gasteiger partial charge on any atom is -0.293 e. The molecule has 0 saturated carbocycles. The summed E-state index contributed by atoms with van der Waals surface area (Å²) in [5.74, 6) is 0. The number of aryl methyl sites for hydroxylation is 1. The van der Waals surface area contributed by atoms with Crippen molar-refractivity contribution < 1.29 is 0 Å². The van der Waals surface area contributed by atoms with Crippen LogP contribution in [0, 0.1) is 10.5 Å². The Labute approximate surface area is 114 Å². The third-order valence-corrected chi connectivity index (χ3v) is 4.41. The van der Waals surface area contributed by atoms with Crippen LogP contribution in [0.1, 0.15) is 9.88 Å². The Balaban J connectivity index is 2.36. The molecule has 0 aliphatic rings. The lowest BCUT2D eigenvalue weighted by molar-refractivity contribution is 0.738. The minimum absolute atomic E-state index is 0.119. The topological polar surface area (TPSA) is 47.8 Å². The third-order valence-electron chi connectivity index (χ3n) is 1.94. The number of rotatable bonds is 2. The molecule has 0 unspecified atom stereocenters. The van der Waals surface area contributed by atoms with E-state index >= 15 is 0 Å². The Hall–Kier alpha value is -0.470. The van der Waals surface area contributed by atoms with Gasteiger partial charge in [0.15, 0.2) is 0 Å². The number of aromatic nitrogens is 3. The van der Waals surface area contributed by atoms with E-state index in [0.29, 0.717) is 10.1 Å². The maximum Gasteiger partial charge on any atom is 0.268 e. The average Bonchev–Trinajstić information content (AvgIpc) is 2.65. The van der Waals surface area contributed by atoms with Crippen molar-refractivity contribution in [2.24, 2.45) is 0 Å². The molecule has 2 aromatic heterocycles. The zero-order valence-electron chi connectivity index (χ0n) is 8.28. The molecule has 0 spiro atoms. The predicted octanol–water partition coefficient (Wildman–Crippen LogP) is 2.31. The molecule has 4 nitrogen and oxygen atoms in total. The van der Waals surface area contributed by atoms with Crippen LogP contribution in [0.5, 0.6) is 0 Å². The predicted molar refractivity (Wildman–Crippen MR) is 72.2 cm³/mol. The number of hydrogen-bond donors (Lipinski definition) is 0. The van der Waals surface area contributed by atoms with Crippen molar-refractivity contribution in [1.82, 2.24) is 14.5 Å². The van der Waals surface area contributed by atoms with E-state index in [4.69, 9.17) is 11.6 Å². The summed E-state index contributed by atoms with van der Waals surface area (Å²) >= 11 is 9.22. The first-order chi connectivity index (χ1) is 7.58. The maximum absolute atomic E-state index is 11.8. The molecule has 0 aliphatic carbocycles. The molecule has 2 rings (SSSR count). The summed E-state index contributed by atoms with van der Waals surface area (Å²) < 4.78 is 1.98. The van der Waals surface area contributed by atoms with Crippen LogP contribution in [-0.2, 0) is 6.54 Å². The van der Waals surface area contributed by atoms with E-state index in [9.17, 15) is 4.79 Å². The number of thiazole rings is 1. The smallest absolute Gasteiger partial charge is 0.268 e. The van der Waals surface area contributed by atoms with Crippen molar-refractivity contribution in [2.45, 2.75) is 13.5 Å².